The first-order valence-electron chi connectivity index (χ1n) is 6.20. The minimum Gasteiger partial charge on any atom is -0.379 e. The molecule has 3 heteroatoms. The molecule has 1 heterocycles. The summed E-state index contributed by atoms with van der Waals surface area (Å²) in [5, 5.41) is 3.44. The van der Waals surface area contributed by atoms with Gasteiger partial charge >= 0.3 is 0 Å². The maximum atomic E-state index is 6.13. The number of rotatable bonds is 7. The van der Waals surface area contributed by atoms with Crippen LogP contribution in [0, 0.1) is 5.92 Å². The highest BCUT2D eigenvalue weighted by Crippen LogP contribution is 2.14. The van der Waals surface area contributed by atoms with Gasteiger partial charge in [-0.1, -0.05) is 26.7 Å². The molecule has 0 aromatic carbocycles. The predicted molar refractivity (Wildman–Crippen MR) is 63.9 cm³/mol. The Morgan fingerprint density at radius 2 is 2.20 bits per heavy atom. The highest BCUT2D eigenvalue weighted by molar-refractivity contribution is 4.89. The van der Waals surface area contributed by atoms with Gasteiger partial charge < -0.3 is 15.8 Å². The lowest BCUT2D eigenvalue weighted by atomic mass is 10.0. The van der Waals surface area contributed by atoms with Gasteiger partial charge in [0.1, 0.15) is 0 Å². The summed E-state index contributed by atoms with van der Waals surface area (Å²) in [6.45, 7) is 8.08. The molecule has 1 aliphatic rings. The minimum atomic E-state index is -0.0992. The number of ether oxygens (including phenoxy) is 1. The molecule has 0 aliphatic carbocycles. The summed E-state index contributed by atoms with van der Waals surface area (Å²) in [6, 6.07) is 0. The molecule has 1 saturated heterocycles. The van der Waals surface area contributed by atoms with E-state index in [0.29, 0.717) is 6.61 Å². The van der Waals surface area contributed by atoms with E-state index in [0.717, 1.165) is 32.0 Å². The number of hydrogen-bond acceptors (Lipinski definition) is 3. The summed E-state index contributed by atoms with van der Waals surface area (Å²) in [5.74, 6) is 0.828. The van der Waals surface area contributed by atoms with Crippen LogP contribution in [0.3, 0.4) is 0 Å². The summed E-state index contributed by atoms with van der Waals surface area (Å²) in [4.78, 5) is 0. The zero-order chi connectivity index (χ0) is 11.1. The van der Waals surface area contributed by atoms with Crippen molar-refractivity contribution in [3.05, 3.63) is 0 Å². The van der Waals surface area contributed by atoms with Crippen LogP contribution in [0.4, 0.5) is 0 Å². The van der Waals surface area contributed by atoms with E-state index in [1.807, 2.05) is 0 Å². The Kier molecular flexibility index (Phi) is 5.58. The van der Waals surface area contributed by atoms with Crippen molar-refractivity contribution in [1.82, 2.24) is 5.32 Å². The fourth-order valence-corrected chi connectivity index (χ4v) is 1.90. The summed E-state index contributed by atoms with van der Waals surface area (Å²) in [5.41, 5.74) is 6.04. The van der Waals surface area contributed by atoms with Crippen LogP contribution in [0.25, 0.3) is 0 Å². The minimum absolute atomic E-state index is 0.0992. The first kappa shape index (κ1) is 12.9. The third kappa shape index (κ3) is 5.50. The molecular formula is C12H26N2O. The standard InChI is InChI=1S/C12H26N2O/c1-11(2)5-3-4-7-14-9-12(13)6-8-15-10-12/h11,14H,3-10,13H2,1-2H3. The van der Waals surface area contributed by atoms with E-state index >= 15 is 0 Å². The van der Waals surface area contributed by atoms with E-state index in [4.69, 9.17) is 10.5 Å². The quantitative estimate of drug-likeness (QED) is 0.632. The van der Waals surface area contributed by atoms with E-state index in [9.17, 15) is 0 Å². The van der Waals surface area contributed by atoms with Crippen molar-refractivity contribution in [3.63, 3.8) is 0 Å². The van der Waals surface area contributed by atoms with Gasteiger partial charge in [-0.05, 0) is 25.3 Å². The SMILES string of the molecule is CC(C)CCCCNCC1(N)CCOC1. The molecule has 0 spiro atoms. The Hall–Kier alpha value is -0.120. The molecule has 90 valence electrons. The van der Waals surface area contributed by atoms with Crippen molar-refractivity contribution < 1.29 is 4.74 Å². The Bertz CT molecular complexity index is 165. The van der Waals surface area contributed by atoms with Crippen LogP contribution in [-0.2, 0) is 4.74 Å². The van der Waals surface area contributed by atoms with E-state index in [1.54, 1.807) is 0 Å². The molecule has 1 unspecified atom stereocenters. The van der Waals surface area contributed by atoms with E-state index in [1.165, 1.54) is 19.3 Å². The molecule has 0 saturated carbocycles. The van der Waals surface area contributed by atoms with Crippen LogP contribution in [0.2, 0.25) is 0 Å². The Morgan fingerprint density at radius 1 is 1.40 bits per heavy atom. The summed E-state index contributed by atoms with van der Waals surface area (Å²) in [6.07, 6.45) is 4.90. The highest BCUT2D eigenvalue weighted by Gasteiger charge is 2.29. The maximum Gasteiger partial charge on any atom is 0.0659 e. The first-order valence-corrected chi connectivity index (χ1v) is 6.20. The van der Waals surface area contributed by atoms with Gasteiger partial charge in [0.25, 0.3) is 0 Å². The van der Waals surface area contributed by atoms with Crippen LogP contribution in [0.5, 0.6) is 0 Å². The highest BCUT2D eigenvalue weighted by atomic mass is 16.5. The lowest BCUT2D eigenvalue weighted by Crippen LogP contribution is -2.49. The lowest BCUT2D eigenvalue weighted by Gasteiger charge is -2.22. The molecule has 1 atom stereocenters. The smallest absolute Gasteiger partial charge is 0.0659 e. The number of nitrogens with one attached hydrogen (secondary N) is 1. The summed E-state index contributed by atoms with van der Waals surface area (Å²) < 4.78 is 5.30. The normalized spacial score (nSPS) is 26.4. The van der Waals surface area contributed by atoms with Gasteiger partial charge in [-0.25, -0.2) is 0 Å². The Balaban J connectivity index is 1.92. The van der Waals surface area contributed by atoms with Crippen molar-refractivity contribution in [2.75, 3.05) is 26.3 Å². The molecular weight excluding hydrogens is 188 g/mol. The molecule has 3 nitrogen and oxygen atoms in total. The third-order valence-corrected chi connectivity index (χ3v) is 3.00. The fourth-order valence-electron chi connectivity index (χ4n) is 1.90. The van der Waals surface area contributed by atoms with Gasteiger partial charge in [0.2, 0.25) is 0 Å². The molecule has 0 bridgehead atoms. The lowest BCUT2D eigenvalue weighted by molar-refractivity contribution is 0.177. The Labute approximate surface area is 93.8 Å². The molecule has 0 aromatic rings. The van der Waals surface area contributed by atoms with Gasteiger partial charge in [-0.3, -0.25) is 0 Å². The molecule has 1 fully saturated rings. The maximum absolute atomic E-state index is 6.13. The number of unbranched alkanes of at least 4 members (excludes halogenated alkanes) is 1. The molecule has 0 aromatic heterocycles. The van der Waals surface area contributed by atoms with Crippen molar-refractivity contribution >= 4 is 0 Å². The van der Waals surface area contributed by atoms with Gasteiger partial charge in [-0.2, -0.15) is 0 Å². The second-order valence-electron chi connectivity index (χ2n) is 5.23. The van der Waals surface area contributed by atoms with E-state index < -0.39 is 0 Å². The van der Waals surface area contributed by atoms with Gasteiger partial charge in [0.15, 0.2) is 0 Å². The monoisotopic (exact) mass is 214 g/mol. The number of nitrogens with two attached hydrogens (primary N) is 1. The van der Waals surface area contributed by atoms with Gasteiger partial charge in [0, 0.05) is 13.2 Å². The van der Waals surface area contributed by atoms with Crippen molar-refractivity contribution in [3.8, 4) is 0 Å². The van der Waals surface area contributed by atoms with Gasteiger partial charge in [0.05, 0.1) is 12.1 Å². The van der Waals surface area contributed by atoms with Crippen LogP contribution in [0.1, 0.15) is 39.5 Å². The zero-order valence-electron chi connectivity index (χ0n) is 10.2. The largest absolute Gasteiger partial charge is 0.379 e. The van der Waals surface area contributed by atoms with Crippen LogP contribution in [0.15, 0.2) is 0 Å². The van der Waals surface area contributed by atoms with Gasteiger partial charge in [-0.15, -0.1) is 0 Å². The second-order valence-corrected chi connectivity index (χ2v) is 5.23. The van der Waals surface area contributed by atoms with Crippen molar-refractivity contribution in [2.24, 2.45) is 11.7 Å². The topological polar surface area (TPSA) is 47.3 Å². The second kappa shape index (κ2) is 6.46. The average molecular weight is 214 g/mol. The summed E-state index contributed by atoms with van der Waals surface area (Å²) >= 11 is 0. The zero-order valence-corrected chi connectivity index (χ0v) is 10.2. The fraction of sp³-hybridized carbons (Fsp3) is 1.00. The Morgan fingerprint density at radius 3 is 2.80 bits per heavy atom. The molecule has 15 heavy (non-hydrogen) atoms. The summed E-state index contributed by atoms with van der Waals surface area (Å²) in [7, 11) is 0. The number of hydrogen-bond donors (Lipinski definition) is 2. The van der Waals surface area contributed by atoms with Crippen molar-refractivity contribution in [1.29, 1.82) is 0 Å². The van der Waals surface area contributed by atoms with Crippen molar-refractivity contribution in [2.45, 2.75) is 45.1 Å². The molecule has 3 N–H and O–H groups in total. The van der Waals surface area contributed by atoms with Crippen LogP contribution < -0.4 is 11.1 Å². The molecule has 1 aliphatic heterocycles. The molecule has 0 radical (unpaired) electrons. The van der Waals surface area contributed by atoms with E-state index in [2.05, 4.69) is 19.2 Å². The third-order valence-electron chi connectivity index (χ3n) is 3.00. The molecule has 0 amide bonds. The van der Waals surface area contributed by atoms with Crippen LogP contribution >= 0.6 is 0 Å². The predicted octanol–water partition coefficient (Wildman–Crippen LogP) is 1.52. The van der Waals surface area contributed by atoms with E-state index in [-0.39, 0.29) is 5.54 Å². The average Bonchev–Trinajstić information content (AvgIpc) is 2.58. The molecule has 1 rings (SSSR count). The van der Waals surface area contributed by atoms with Crippen LogP contribution in [-0.4, -0.2) is 31.8 Å². The first-order chi connectivity index (χ1) is 7.12.